The van der Waals surface area contributed by atoms with E-state index in [9.17, 15) is 4.79 Å². The highest BCUT2D eigenvalue weighted by atomic mass is 16.4. The second-order valence-corrected chi connectivity index (χ2v) is 3.27. The van der Waals surface area contributed by atoms with Crippen LogP contribution in [0.4, 0.5) is 0 Å². The minimum atomic E-state index is -0.882. The van der Waals surface area contributed by atoms with E-state index in [-0.39, 0.29) is 0 Å². The molecule has 0 bridgehead atoms. The third kappa shape index (κ3) is 2.73. The van der Waals surface area contributed by atoms with Gasteiger partial charge in [0.2, 0.25) is 0 Å². The highest BCUT2D eigenvalue weighted by Crippen LogP contribution is 2.10. The number of hydrogen-bond acceptors (Lipinski definition) is 1. The number of aromatic carboxylic acids is 1. The smallest absolute Gasteiger partial charge is 0.335 e. The summed E-state index contributed by atoms with van der Waals surface area (Å²) < 4.78 is 0. The van der Waals surface area contributed by atoms with Gasteiger partial charge in [-0.25, -0.2) is 4.79 Å². The predicted octanol–water partition coefficient (Wildman–Crippen LogP) is 3.20. The van der Waals surface area contributed by atoms with Crippen LogP contribution in [-0.4, -0.2) is 11.1 Å². The number of benzene rings is 1. The van der Waals surface area contributed by atoms with Gasteiger partial charge >= 0.3 is 5.97 Å². The van der Waals surface area contributed by atoms with E-state index in [0.717, 1.165) is 12.0 Å². The topological polar surface area (TPSA) is 37.3 Å². The number of carbonyl (C=O) groups is 1. The summed E-state index contributed by atoms with van der Waals surface area (Å²) >= 11 is 0. The summed E-state index contributed by atoms with van der Waals surface area (Å²) in [6.07, 6.45) is 3.08. The number of rotatable bonds is 3. The van der Waals surface area contributed by atoms with E-state index in [1.165, 1.54) is 5.57 Å². The van der Waals surface area contributed by atoms with Crippen LogP contribution in [-0.2, 0) is 0 Å². The number of carboxylic acid groups (broad SMARTS) is 1. The quantitative estimate of drug-likeness (QED) is 0.794. The minimum Gasteiger partial charge on any atom is -0.478 e. The molecule has 2 heteroatoms. The van der Waals surface area contributed by atoms with Gasteiger partial charge in [-0.15, -0.1) is 0 Å². The third-order valence-electron chi connectivity index (χ3n) is 2.13. The van der Waals surface area contributed by atoms with Crippen LogP contribution in [0.2, 0.25) is 0 Å². The van der Waals surface area contributed by atoms with Crippen molar-refractivity contribution in [2.45, 2.75) is 20.3 Å². The highest BCUT2D eigenvalue weighted by Gasteiger charge is 2.00. The molecule has 0 radical (unpaired) electrons. The third-order valence-corrected chi connectivity index (χ3v) is 2.13. The molecule has 0 aliphatic heterocycles. The Morgan fingerprint density at radius 3 is 2.36 bits per heavy atom. The van der Waals surface area contributed by atoms with Crippen LogP contribution < -0.4 is 0 Å². The van der Waals surface area contributed by atoms with E-state index < -0.39 is 5.97 Å². The Morgan fingerprint density at radius 2 is 1.93 bits per heavy atom. The van der Waals surface area contributed by atoms with E-state index in [4.69, 9.17) is 5.11 Å². The number of allylic oxidation sites excluding steroid dienone is 1. The van der Waals surface area contributed by atoms with Crippen molar-refractivity contribution in [3.05, 3.63) is 41.0 Å². The fourth-order valence-corrected chi connectivity index (χ4v) is 1.11. The van der Waals surface area contributed by atoms with Crippen LogP contribution in [0.1, 0.15) is 36.2 Å². The van der Waals surface area contributed by atoms with E-state index in [1.807, 2.05) is 12.1 Å². The van der Waals surface area contributed by atoms with E-state index in [2.05, 4.69) is 19.9 Å². The lowest BCUT2D eigenvalue weighted by Crippen LogP contribution is -1.94. The van der Waals surface area contributed by atoms with Crippen molar-refractivity contribution in [2.75, 3.05) is 0 Å². The van der Waals surface area contributed by atoms with Gasteiger partial charge in [-0.3, -0.25) is 0 Å². The summed E-state index contributed by atoms with van der Waals surface area (Å²) in [5, 5.41) is 8.69. The fourth-order valence-electron chi connectivity index (χ4n) is 1.11. The maximum absolute atomic E-state index is 10.6. The molecule has 0 unspecified atom stereocenters. The standard InChI is InChI=1S/C12H14O2/c1-3-9(2)8-10-4-6-11(7-5-10)12(13)14/h4-8H,3H2,1-2H3,(H,13,14). The molecule has 0 amide bonds. The van der Waals surface area contributed by atoms with Gasteiger partial charge in [0.1, 0.15) is 0 Å². The summed E-state index contributed by atoms with van der Waals surface area (Å²) in [7, 11) is 0. The zero-order valence-corrected chi connectivity index (χ0v) is 8.45. The summed E-state index contributed by atoms with van der Waals surface area (Å²) in [4.78, 5) is 10.6. The monoisotopic (exact) mass is 190 g/mol. The van der Waals surface area contributed by atoms with Crippen molar-refractivity contribution in [1.82, 2.24) is 0 Å². The number of carboxylic acids is 1. The molecule has 1 aromatic rings. The Morgan fingerprint density at radius 1 is 1.36 bits per heavy atom. The zero-order chi connectivity index (χ0) is 10.6. The van der Waals surface area contributed by atoms with Gasteiger partial charge in [0, 0.05) is 0 Å². The predicted molar refractivity (Wildman–Crippen MR) is 57.3 cm³/mol. The summed E-state index contributed by atoms with van der Waals surface area (Å²) in [5.74, 6) is -0.882. The molecule has 0 heterocycles. The molecule has 0 aromatic heterocycles. The van der Waals surface area contributed by atoms with Crippen LogP contribution in [0, 0.1) is 0 Å². The summed E-state index contributed by atoms with van der Waals surface area (Å²) in [6.45, 7) is 4.16. The average Bonchev–Trinajstić information content (AvgIpc) is 2.18. The average molecular weight is 190 g/mol. The Bertz CT molecular complexity index is 347. The van der Waals surface area contributed by atoms with Gasteiger partial charge in [0.25, 0.3) is 0 Å². The van der Waals surface area contributed by atoms with Crippen molar-refractivity contribution in [1.29, 1.82) is 0 Å². The molecule has 1 N–H and O–H groups in total. The molecule has 74 valence electrons. The van der Waals surface area contributed by atoms with Gasteiger partial charge in [0.15, 0.2) is 0 Å². The van der Waals surface area contributed by atoms with Gasteiger partial charge in [-0.2, -0.15) is 0 Å². The van der Waals surface area contributed by atoms with Crippen molar-refractivity contribution < 1.29 is 9.90 Å². The lowest BCUT2D eigenvalue weighted by molar-refractivity contribution is 0.0697. The molecule has 0 spiro atoms. The van der Waals surface area contributed by atoms with Crippen molar-refractivity contribution >= 4 is 12.0 Å². The molecular weight excluding hydrogens is 176 g/mol. The van der Waals surface area contributed by atoms with Crippen molar-refractivity contribution in [2.24, 2.45) is 0 Å². The SMILES string of the molecule is CCC(C)=Cc1ccc(C(=O)O)cc1. The summed E-state index contributed by atoms with van der Waals surface area (Å²) in [5.41, 5.74) is 2.67. The molecule has 14 heavy (non-hydrogen) atoms. The van der Waals surface area contributed by atoms with E-state index in [1.54, 1.807) is 12.1 Å². The number of hydrogen-bond donors (Lipinski definition) is 1. The Balaban J connectivity index is 2.89. The lowest BCUT2D eigenvalue weighted by atomic mass is 10.1. The molecular formula is C12H14O2. The first-order valence-electron chi connectivity index (χ1n) is 4.64. The van der Waals surface area contributed by atoms with E-state index >= 15 is 0 Å². The maximum atomic E-state index is 10.6. The van der Waals surface area contributed by atoms with Gasteiger partial charge < -0.3 is 5.11 Å². The van der Waals surface area contributed by atoms with Crippen LogP contribution in [0.15, 0.2) is 29.8 Å². The molecule has 2 nitrogen and oxygen atoms in total. The van der Waals surface area contributed by atoms with Crippen LogP contribution in [0.25, 0.3) is 6.08 Å². The Kier molecular flexibility index (Phi) is 3.46. The molecule has 0 saturated heterocycles. The molecule has 0 saturated carbocycles. The van der Waals surface area contributed by atoms with Gasteiger partial charge in [-0.05, 0) is 31.0 Å². The Labute approximate surface area is 83.9 Å². The fraction of sp³-hybridized carbons (Fsp3) is 0.250. The summed E-state index contributed by atoms with van der Waals surface area (Å²) in [6, 6.07) is 6.89. The van der Waals surface area contributed by atoms with Crippen LogP contribution >= 0.6 is 0 Å². The van der Waals surface area contributed by atoms with Crippen molar-refractivity contribution in [3.8, 4) is 0 Å². The van der Waals surface area contributed by atoms with Crippen LogP contribution in [0.3, 0.4) is 0 Å². The van der Waals surface area contributed by atoms with Crippen LogP contribution in [0.5, 0.6) is 0 Å². The molecule has 1 rings (SSSR count). The lowest BCUT2D eigenvalue weighted by Gasteiger charge is -1.98. The first-order chi connectivity index (χ1) is 6.63. The van der Waals surface area contributed by atoms with Gasteiger partial charge in [0.05, 0.1) is 5.56 Å². The van der Waals surface area contributed by atoms with Crippen molar-refractivity contribution in [3.63, 3.8) is 0 Å². The first kappa shape index (κ1) is 10.5. The minimum absolute atomic E-state index is 0.330. The second-order valence-electron chi connectivity index (χ2n) is 3.27. The molecule has 0 aliphatic rings. The Hall–Kier alpha value is -1.57. The zero-order valence-electron chi connectivity index (χ0n) is 8.45. The maximum Gasteiger partial charge on any atom is 0.335 e. The molecule has 1 aromatic carbocycles. The molecule has 0 atom stereocenters. The van der Waals surface area contributed by atoms with Gasteiger partial charge in [-0.1, -0.05) is 30.7 Å². The highest BCUT2D eigenvalue weighted by molar-refractivity contribution is 5.87. The first-order valence-corrected chi connectivity index (χ1v) is 4.64. The largest absolute Gasteiger partial charge is 0.478 e. The van der Waals surface area contributed by atoms with E-state index in [0.29, 0.717) is 5.56 Å². The molecule has 0 fully saturated rings. The molecule has 0 aliphatic carbocycles. The normalized spacial score (nSPS) is 11.4. The second kappa shape index (κ2) is 4.61.